The van der Waals surface area contributed by atoms with Crippen LogP contribution < -0.4 is 0 Å². The molecule has 0 bridgehead atoms. The van der Waals surface area contributed by atoms with Gasteiger partial charge in [0.25, 0.3) is 0 Å². The molecule has 4 nitrogen and oxygen atoms in total. The third-order valence-electron chi connectivity index (χ3n) is 8.17. The first kappa shape index (κ1) is 22.5. The Morgan fingerprint density at radius 3 is 2.15 bits per heavy atom. The third-order valence-corrected chi connectivity index (χ3v) is 8.91. The number of para-hydroxylation sites is 2. The topological polar surface area (TPSA) is 35.1 Å². The highest BCUT2D eigenvalue weighted by molar-refractivity contribution is 7.09. The fraction of sp³-hybridized carbons (Fsp3) is 0. The minimum atomic E-state index is 0.925. The van der Waals surface area contributed by atoms with E-state index in [9.17, 15) is 0 Å². The van der Waals surface area contributed by atoms with E-state index in [4.69, 9.17) is 5.10 Å². The first-order valence-electron chi connectivity index (χ1n) is 13.6. The summed E-state index contributed by atoms with van der Waals surface area (Å²) < 4.78 is 4.35. The fourth-order valence-corrected chi connectivity index (χ4v) is 7.16. The Hall–Kier alpha value is -5.26. The molecule has 0 saturated heterocycles. The molecule has 0 aliphatic carbocycles. The van der Waals surface area contributed by atoms with Gasteiger partial charge in [0, 0.05) is 44.1 Å². The van der Waals surface area contributed by atoms with E-state index in [0.717, 1.165) is 39.0 Å². The number of rotatable bonds is 3. The monoisotopic (exact) mass is 542 g/mol. The Morgan fingerprint density at radius 1 is 0.537 bits per heavy atom. The Labute approximate surface area is 239 Å². The van der Waals surface area contributed by atoms with Crippen LogP contribution >= 0.6 is 11.3 Å². The Balaban J connectivity index is 1.24. The van der Waals surface area contributed by atoms with Crippen LogP contribution in [0.3, 0.4) is 0 Å². The molecule has 0 N–H and O–H groups in total. The highest BCUT2D eigenvalue weighted by Gasteiger charge is 2.17. The van der Waals surface area contributed by atoms with Crippen molar-refractivity contribution in [3.63, 3.8) is 0 Å². The second-order valence-electron chi connectivity index (χ2n) is 10.4. The minimum absolute atomic E-state index is 0.925. The van der Waals surface area contributed by atoms with Gasteiger partial charge in [0.2, 0.25) is 0 Å². The summed E-state index contributed by atoms with van der Waals surface area (Å²) in [5.41, 5.74) is 9.28. The van der Waals surface area contributed by atoms with Crippen LogP contribution in [0, 0.1) is 0 Å². The van der Waals surface area contributed by atoms with Crippen molar-refractivity contribution in [2.75, 3.05) is 0 Å². The normalized spacial score (nSPS) is 11.9. The van der Waals surface area contributed by atoms with Crippen molar-refractivity contribution in [2.45, 2.75) is 0 Å². The summed E-state index contributed by atoms with van der Waals surface area (Å²) in [6, 6.07) is 38.8. The molecule has 41 heavy (non-hydrogen) atoms. The van der Waals surface area contributed by atoms with Gasteiger partial charge in [-0.2, -0.15) is 16.4 Å². The molecule has 0 aliphatic heterocycles. The van der Waals surface area contributed by atoms with Crippen molar-refractivity contribution in [2.24, 2.45) is 0 Å². The molecule has 0 atom stereocenters. The van der Waals surface area contributed by atoms with E-state index in [1.807, 2.05) is 24.5 Å². The van der Waals surface area contributed by atoms with Gasteiger partial charge in [-0.3, -0.25) is 4.57 Å². The number of pyridine rings is 2. The highest BCUT2D eigenvalue weighted by Crippen LogP contribution is 2.39. The van der Waals surface area contributed by atoms with Gasteiger partial charge in [-0.05, 0) is 64.5 Å². The zero-order valence-corrected chi connectivity index (χ0v) is 22.7. The third kappa shape index (κ3) is 3.27. The lowest BCUT2D eigenvalue weighted by Crippen LogP contribution is -1.96. The number of fused-ring (bicyclic) bond motifs is 9. The second-order valence-corrected chi connectivity index (χ2v) is 11.1. The molecule has 9 rings (SSSR count). The number of nitrogens with zero attached hydrogens (tertiary/aromatic N) is 4. The average Bonchev–Trinajstić information content (AvgIpc) is 3.77. The molecule has 0 fully saturated rings. The van der Waals surface area contributed by atoms with E-state index in [-0.39, 0.29) is 0 Å². The van der Waals surface area contributed by atoms with Crippen molar-refractivity contribution in [1.82, 2.24) is 19.2 Å². The van der Waals surface area contributed by atoms with Crippen molar-refractivity contribution < 1.29 is 0 Å². The molecule has 9 aromatic rings. The smallest absolute Gasteiger partial charge is 0.137 e. The molecule has 0 unspecified atom stereocenters. The summed E-state index contributed by atoms with van der Waals surface area (Å²) in [5.74, 6) is 0.925. The van der Waals surface area contributed by atoms with Crippen LogP contribution in [-0.2, 0) is 0 Å². The zero-order chi connectivity index (χ0) is 26.9. The Bertz CT molecular complexity index is 2430. The summed E-state index contributed by atoms with van der Waals surface area (Å²) in [7, 11) is 0. The zero-order valence-electron chi connectivity index (χ0n) is 21.9. The maximum atomic E-state index is 4.87. The lowest BCUT2D eigenvalue weighted by Gasteiger charge is -2.09. The molecular weight excluding hydrogens is 520 g/mol. The van der Waals surface area contributed by atoms with Crippen LogP contribution in [0.4, 0.5) is 0 Å². The van der Waals surface area contributed by atoms with Crippen molar-refractivity contribution in [3.8, 4) is 28.1 Å². The number of hydrogen-bond donors (Lipinski definition) is 0. The van der Waals surface area contributed by atoms with Crippen LogP contribution in [0.5, 0.6) is 0 Å². The first-order chi connectivity index (χ1) is 20.3. The van der Waals surface area contributed by atoms with E-state index in [1.165, 1.54) is 38.1 Å². The summed E-state index contributed by atoms with van der Waals surface area (Å²) in [6.45, 7) is 0. The van der Waals surface area contributed by atoms with Crippen molar-refractivity contribution in [3.05, 3.63) is 132 Å². The largest absolute Gasteiger partial charge is 0.294 e. The first-order valence-corrected chi connectivity index (χ1v) is 14.6. The van der Waals surface area contributed by atoms with E-state index in [1.54, 1.807) is 11.3 Å². The molecule has 5 heteroatoms. The molecule has 5 aromatic heterocycles. The molecule has 0 aliphatic rings. The molecule has 4 aromatic carbocycles. The van der Waals surface area contributed by atoms with Crippen LogP contribution in [0.15, 0.2) is 132 Å². The van der Waals surface area contributed by atoms with Crippen LogP contribution in [0.2, 0.25) is 0 Å². The van der Waals surface area contributed by atoms with E-state index in [0.29, 0.717) is 0 Å². The molecule has 192 valence electrons. The van der Waals surface area contributed by atoms with Gasteiger partial charge >= 0.3 is 0 Å². The van der Waals surface area contributed by atoms with Crippen LogP contribution in [0.1, 0.15) is 0 Å². The predicted octanol–water partition coefficient (Wildman–Crippen LogP) is 9.53. The van der Waals surface area contributed by atoms with Crippen LogP contribution in [0.25, 0.3) is 77.1 Å². The Morgan fingerprint density at radius 2 is 1.27 bits per heavy atom. The molecule has 0 spiro atoms. The van der Waals surface area contributed by atoms with Gasteiger partial charge in [-0.15, -0.1) is 0 Å². The summed E-state index contributed by atoms with van der Waals surface area (Å²) in [6.07, 6.45) is 3.87. The molecule has 5 heterocycles. The maximum absolute atomic E-state index is 4.87. The van der Waals surface area contributed by atoms with Crippen LogP contribution in [-0.4, -0.2) is 19.2 Å². The van der Waals surface area contributed by atoms with E-state index in [2.05, 4.69) is 122 Å². The maximum Gasteiger partial charge on any atom is 0.137 e. The molecular formula is C36H22N4S. The van der Waals surface area contributed by atoms with Gasteiger partial charge in [0.1, 0.15) is 5.82 Å². The average molecular weight is 543 g/mol. The summed E-state index contributed by atoms with van der Waals surface area (Å²) in [4.78, 5) is 4.66. The Kier molecular flexibility index (Phi) is 4.74. The number of aromatic nitrogens is 4. The lowest BCUT2D eigenvalue weighted by molar-refractivity contribution is 1.01. The fourth-order valence-electron chi connectivity index (χ4n) is 6.33. The lowest BCUT2D eigenvalue weighted by atomic mass is 9.97. The summed E-state index contributed by atoms with van der Waals surface area (Å²) >= 11 is 1.74. The molecule has 0 saturated carbocycles. The highest BCUT2D eigenvalue weighted by atomic mass is 32.1. The minimum Gasteiger partial charge on any atom is -0.294 e. The predicted molar refractivity (Wildman–Crippen MR) is 171 cm³/mol. The number of benzene rings is 4. The van der Waals surface area contributed by atoms with Crippen molar-refractivity contribution >= 4 is 60.3 Å². The molecule has 0 amide bonds. The van der Waals surface area contributed by atoms with Gasteiger partial charge in [0.05, 0.1) is 28.3 Å². The van der Waals surface area contributed by atoms with Crippen molar-refractivity contribution in [1.29, 1.82) is 0 Å². The second kappa shape index (κ2) is 8.62. The standard InChI is InChI=1S/C36H22N4S/c1-3-12-32-26(10-1)28-19-24(15-16-33(28)39(32)35-14-5-6-17-37-35)23-8-7-9-25(18-23)29-20-38-40-34-13-4-2-11-27(34)30-21-41-22-31(30)36(29)40/h1-22H. The van der Waals surface area contributed by atoms with E-state index < -0.39 is 0 Å². The van der Waals surface area contributed by atoms with E-state index >= 15 is 0 Å². The quantitative estimate of drug-likeness (QED) is 0.223. The van der Waals surface area contributed by atoms with Gasteiger partial charge in [-0.1, -0.05) is 66.7 Å². The number of hydrogen-bond acceptors (Lipinski definition) is 3. The number of thiophene rings is 1. The summed E-state index contributed by atoms with van der Waals surface area (Å²) in [5, 5.41) is 15.6. The van der Waals surface area contributed by atoms with Gasteiger partial charge in [0.15, 0.2) is 0 Å². The van der Waals surface area contributed by atoms with Gasteiger partial charge < -0.3 is 0 Å². The van der Waals surface area contributed by atoms with Gasteiger partial charge in [-0.25, -0.2) is 9.50 Å². The SMILES string of the molecule is c1ccc(-n2c3ccccc3c3cc(-c4cccc(-c5cnn6c7ccccc7c7cscc7c56)c4)ccc32)nc1. The molecule has 0 radical (unpaired) electrons.